The van der Waals surface area contributed by atoms with E-state index in [1.807, 2.05) is 7.05 Å². The largest absolute Gasteiger partial charge is 0.496 e. The number of piperazine rings is 1. The van der Waals surface area contributed by atoms with Gasteiger partial charge in [0.2, 0.25) is 0 Å². The number of methoxy groups -OCH3 is 1. The molecule has 0 aromatic heterocycles. The van der Waals surface area contributed by atoms with E-state index < -0.39 is 0 Å². The van der Waals surface area contributed by atoms with Gasteiger partial charge in [-0.2, -0.15) is 0 Å². The van der Waals surface area contributed by atoms with E-state index >= 15 is 0 Å². The van der Waals surface area contributed by atoms with Crippen LogP contribution in [0.2, 0.25) is 0 Å². The fraction of sp³-hybridized carbons (Fsp3) is 0.632. The Hall–Kier alpha value is -1.06. The highest BCUT2D eigenvalue weighted by Gasteiger charge is 2.14. The summed E-state index contributed by atoms with van der Waals surface area (Å²) in [6.07, 6.45) is 0. The van der Waals surface area contributed by atoms with Crippen molar-refractivity contribution in [2.45, 2.75) is 20.4 Å². The highest BCUT2D eigenvalue weighted by atomic mass is 127. The van der Waals surface area contributed by atoms with Crippen LogP contribution < -0.4 is 15.4 Å². The van der Waals surface area contributed by atoms with E-state index in [9.17, 15) is 0 Å². The molecule has 0 amide bonds. The summed E-state index contributed by atoms with van der Waals surface area (Å²) < 4.78 is 5.46. The molecule has 1 heterocycles. The number of hydrogen-bond donors (Lipinski definition) is 2. The zero-order valence-electron chi connectivity index (χ0n) is 16.5. The van der Waals surface area contributed by atoms with Crippen molar-refractivity contribution < 1.29 is 4.74 Å². The van der Waals surface area contributed by atoms with Crippen molar-refractivity contribution in [1.82, 2.24) is 20.4 Å². The molecule has 0 radical (unpaired) electrons. The summed E-state index contributed by atoms with van der Waals surface area (Å²) in [5.41, 5.74) is 2.33. The number of benzene rings is 1. The van der Waals surface area contributed by atoms with Gasteiger partial charge >= 0.3 is 0 Å². The van der Waals surface area contributed by atoms with Gasteiger partial charge in [-0.1, -0.05) is 19.1 Å². The second-order valence-corrected chi connectivity index (χ2v) is 6.44. The molecular formula is C19H34IN5O. The van der Waals surface area contributed by atoms with E-state index in [2.05, 4.69) is 57.5 Å². The fourth-order valence-corrected chi connectivity index (χ4v) is 3.06. The van der Waals surface area contributed by atoms with Gasteiger partial charge < -0.3 is 20.3 Å². The van der Waals surface area contributed by atoms with Gasteiger partial charge in [0, 0.05) is 58.4 Å². The second kappa shape index (κ2) is 12.3. The third kappa shape index (κ3) is 7.28. The number of aliphatic imine (C=N–C) groups is 1. The van der Waals surface area contributed by atoms with Crippen molar-refractivity contribution in [3.05, 3.63) is 29.3 Å². The number of ether oxygens (including phenoxy) is 1. The van der Waals surface area contributed by atoms with Crippen LogP contribution in [0.1, 0.15) is 18.1 Å². The molecule has 2 N–H and O–H groups in total. The molecule has 7 heteroatoms. The zero-order chi connectivity index (χ0) is 18.1. The molecule has 1 aromatic carbocycles. The Morgan fingerprint density at radius 1 is 1.15 bits per heavy atom. The van der Waals surface area contributed by atoms with Crippen LogP contribution in [0.25, 0.3) is 0 Å². The summed E-state index contributed by atoms with van der Waals surface area (Å²) in [7, 11) is 3.52. The fourth-order valence-electron chi connectivity index (χ4n) is 3.06. The van der Waals surface area contributed by atoms with E-state index in [0.29, 0.717) is 6.54 Å². The third-order valence-corrected chi connectivity index (χ3v) is 4.75. The maximum Gasteiger partial charge on any atom is 0.191 e. The maximum absolute atomic E-state index is 5.46. The molecule has 26 heavy (non-hydrogen) atoms. The smallest absolute Gasteiger partial charge is 0.191 e. The summed E-state index contributed by atoms with van der Waals surface area (Å²) >= 11 is 0. The van der Waals surface area contributed by atoms with Gasteiger partial charge in [0.1, 0.15) is 5.75 Å². The average molecular weight is 475 g/mol. The van der Waals surface area contributed by atoms with Crippen molar-refractivity contribution >= 4 is 29.9 Å². The Balaban J connectivity index is 0.00000338. The van der Waals surface area contributed by atoms with E-state index in [-0.39, 0.29) is 24.0 Å². The summed E-state index contributed by atoms with van der Waals surface area (Å²) in [4.78, 5) is 9.32. The molecule has 1 aromatic rings. The number of rotatable bonds is 7. The molecule has 6 nitrogen and oxygen atoms in total. The van der Waals surface area contributed by atoms with Gasteiger partial charge in [-0.15, -0.1) is 24.0 Å². The predicted molar refractivity (Wildman–Crippen MR) is 120 cm³/mol. The third-order valence-electron chi connectivity index (χ3n) is 4.75. The first-order valence-corrected chi connectivity index (χ1v) is 9.19. The molecule has 0 saturated carbocycles. The molecule has 0 bridgehead atoms. The summed E-state index contributed by atoms with van der Waals surface area (Å²) in [5, 5.41) is 6.77. The van der Waals surface area contributed by atoms with Crippen LogP contribution in [0.4, 0.5) is 0 Å². The molecule has 0 atom stereocenters. The van der Waals surface area contributed by atoms with E-state index in [1.54, 1.807) is 7.11 Å². The SMILES string of the molecule is CCN1CCN(CCNC(=NC)NCc2ccc(C)cc2OC)CC1.I. The van der Waals surface area contributed by atoms with Crippen molar-refractivity contribution in [2.24, 2.45) is 4.99 Å². The monoisotopic (exact) mass is 475 g/mol. The Bertz CT molecular complexity index is 559. The number of hydrogen-bond acceptors (Lipinski definition) is 4. The van der Waals surface area contributed by atoms with Crippen LogP contribution >= 0.6 is 24.0 Å². The molecule has 1 saturated heterocycles. The molecule has 0 aliphatic carbocycles. The highest BCUT2D eigenvalue weighted by molar-refractivity contribution is 14.0. The van der Waals surface area contributed by atoms with Gasteiger partial charge in [0.15, 0.2) is 5.96 Å². The highest BCUT2D eigenvalue weighted by Crippen LogP contribution is 2.19. The van der Waals surface area contributed by atoms with Gasteiger partial charge in [-0.3, -0.25) is 9.89 Å². The summed E-state index contributed by atoms with van der Waals surface area (Å²) in [5.74, 6) is 1.74. The minimum atomic E-state index is 0. The first kappa shape index (κ1) is 23.0. The van der Waals surface area contributed by atoms with E-state index in [1.165, 1.54) is 18.7 Å². The van der Waals surface area contributed by atoms with Gasteiger partial charge in [0.05, 0.1) is 7.11 Å². The van der Waals surface area contributed by atoms with Crippen LogP contribution in [-0.4, -0.2) is 75.7 Å². The molecule has 148 valence electrons. The molecule has 0 unspecified atom stereocenters. The van der Waals surface area contributed by atoms with Crippen molar-refractivity contribution in [2.75, 3.05) is 60.0 Å². The van der Waals surface area contributed by atoms with Crippen LogP contribution in [0, 0.1) is 6.92 Å². The quantitative estimate of drug-likeness (QED) is 0.359. The van der Waals surface area contributed by atoms with Gasteiger partial charge in [-0.05, 0) is 25.1 Å². The molecular weight excluding hydrogens is 441 g/mol. The normalized spacial score (nSPS) is 16.1. The summed E-state index contributed by atoms with van der Waals surface area (Å²) in [6.45, 7) is 12.8. The lowest BCUT2D eigenvalue weighted by Crippen LogP contribution is -2.49. The first-order chi connectivity index (χ1) is 12.2. The van der Waals surface area contributed by atoms with Crippen LogP contribution in [-0.2, 0) is 6.54 Å². The molecule has 2 rings (SSSR count). The van der Waals surface area contributed by atoms with Crippen LogP contribution in [0.3, 0.4) is 0 Å². The Kier molecular flexibility index (Phi) is 10.9. The number of halogens is 1. The van der Waals surface area contributed by atoms with Gasteiger partial charge in [-0.25, -0.2) is 0 Å². The van der Waals surface area contributed by atoms with Crippen molar-refractivity contribution in [3.63, 3.8) is 0 Å². The van der Waals surface area contributed by atoms with Crippen molar-refractivity contribution in [3.8, 4) is 5.75 Å². The lowest BCUT2D eigenvalue weighted by molar-refractivity contribution is 0.139. The number of likely N-dealkylation sites (N-methyl/N-ethyl adjacent to an activating group) is 1. The predicted octanol–water partition coefficient (Wildman–Crippen LogP) is 1.92. The standard InChI is InChI=1S/C19H33N5O.HI/c1-5-23-10-12-24(13-11-23)9-8-21-19(20-3)22-15-17-7-6-16(2)14-18(17)25-4;/h6-7,14H,5,8-13,15H2,1-4H3,(H2,20,21,22);1H. The van der Waals surface area contributed by atoms with Crippen molar-refractivity contribution in [1.29, 1.82) is 0 Å². The molecule has 1 aliphatic heterocycles. The minimum Gasteiger partial charge on any atom is -0.496 e. The maximum atomic E-state index is 5.46. The number of guanidine groups is 1. The minimum absolute atomic E-state index is 0. The Labute approximate surface area is 175 Å². The molecule has 1 fully saturated rings. The lowest BCUT2D eigenvalue weighted by atomic mass is 10.1. The Morgan fingerprint density at radius 3 is 2.46 bits per heavy atom. The average Bonchev–Trinajstić information content (AvgIpc) is 2.65. The number of nitrogens with zero attached hydrogens (tertiary/aromatic N) is 3. The summed E-state index contributed by atoms with van der Waals surface area (Å²) in [6, 6.07) is 6.26. The topological polar surface area (TPSA) is 52.1 Å². The molecule has 1 aliphatic rings. The van der Waals surface area contributed by atoms with Crippen LogP contribution in [0.5, 0.6) is 5.75 Å². The number of nitrogens with one attached hydrogen (secondary N) is 2. The number of aryl methyl sites for hydroxylation is 1. The first-order valence-electron chi connectivity index (χ1n) is 9.19. The van der Waals surface area contributed by atoms with Gasteiger partial charge in [0.25, 0.3) is 0 Å². The zero-order valence-corrected chi connectivity index (χ0v) is 18.9. The lowest BCUT2D eigenvalue weighted by Gasteiger charge is -2.34. The Morgan fingerprint density at radius 2 is 1.85 bits per heavy atom. The van der Waals surface area contributed by atoms with Crippen LogP contribution in [0.15, 0.2) is 23.2 Å². The van der Waals surface area contributed by atoms with E-state index in [4.69, 9.17) is 4.74 Å². The second-order valence-electron chi connectivity index (χ2n) is 6.44. The van der Waals surface area contributed by atoms with E-state index in [0.717, 1.165) is 50.0 Å². The molecule has 0 spiro atoms.